The maximum atomic E-state index is 12.9. The predicted molar refractivity (Wildman–Crippen MR) is 103 cm³/mol. The molecule has 2 heterocycles. The van der Waals surface area contributed by atoms with Crippen LogP contribution in [0.3, 0.4) is 0 Å². The van der Waals surface area contributed by atoms with Crippen LogP contribution in [0.5, 0.6) is 0 Å². The van der Waals surface area contributed by atoms with Gasteiger partial charge in [0, 0.05) is 18.7 Å². The molecule has 6 heteroatoms. The van der Waals surface area contributed by atoms with Crippen molar-refractivity contribution < 1.29 is 9.90 Å². The lowest BCUT2D eigenvalue weighted by molar-refractivity contribution is 0.0546. The number of aryl methyl sites for hydroxylation is 1. The second-order valence-electron chi connectivity index (χ2n) is 6.89. The van der Waals surface area contributed by atoms with Gasteiger partial charge in [0.2, 0.25) is 0 Å². The number of fused-ring (bicyclic) bond motifs is 1. The molecule has 3 aromatic rings. The Hall–Kier alpha value is -2.99. The van der Waals surface area contributed by atoms with Gasteiger partial charge >= 0.3 is 0 Å². The lowest BCUT2D eigenvalue weighted by Crippen LogP contribution is -2.40. The Labute approximate surface area is 156 Å². The first kappa shape index (κ1) is 17.4. The number of aromatic nitrogens is 2. The summed E-state index contributed by atoms with van der Waals surface area (Å²) in [5.41, 5.74) is 1.81. The molecule has 1 saturated heterocycles. The maximum Gasteiger partial charge on any atom is 0.265 e. The minimum atomic E-state index is -0.313. The summed E-state index contributed by atoms with van der Waals surface area (Å²) in [5.74, 6) is 0.553. The predicted octanol–water partition coefficient (Wildman–Crippen LogP) is 2.29. The van der Waals surface area contributed by atoms with Gasteiger partial charge in [0.1, 0.15) is 5.82 Å². The van der Waals surface area contributed by atoms with Crippen LogP contribution < -0.4 is 5.56 Å². The Kier molecular flexibility index (Phi) is 4.49. The molecular formula is C21H21N3O3. The molecule has 1 aliphatic heterocycles. The van der Waals surface area contributed by atoms with E-state index < -0.39 is 0 Å². The summed E-state index contributed by atoms with van der Waals surface area (Å²) in [7, 11) is 0. The van der Waals surface area contributed by atoms with Crippen molar-refractivity contribution in [2.75, 3.05) is 13.1 Å². The van der Waals surface area contributed by atoms with Crippen LogP contribution in [0.15, 0.2) is 53.3 Å². The van der Waals surface area contributed by atoms with Gasteiger partial charge < -0.3 is 10.0 Å². The number of piperidine rings is 1. The van der Waals surface area contributed by atoms with Gasteiger partial charge in [-0.05, 0) is 56.2 Å². The molecule has 0 radical (unpaired) electrons. The zero-order valence-corrected chi connectivity index (χ0v) is 15.1. The molecule has 138 valence electrons. The monoisotopic (exact) mass is 363 g/mol. The van der Waals surface area contributed by atoms with E-state index in [1.165, 1.54) is 0 Å². The number of aliphatic hydroxyl groups is 1. The van der Waals surface area contributed by atoms with Crippen LogP contribution >= 0.6 is 0 Å². The normalized spacial score (nSPS) is 15.3. The van der Waals surface area contributed by atoms with Crippen molar-refractivity contribution in [2.45, 2.75) is 25.9 Å². The number of para-hydroxylation sites is 1. The van der Waals surface area contributed by atoms with Crippen LogP contribution in [0, 0.1) is 6.92 Å². The Bertz CT molecular complexity index is 1050. The molecule has 1 aromatic heterocycles. The second-order valence-corrected chi connectivity index (χ2v) is 6.89. The summed E-state index contributed by atoms with van der Waals surface area (Å²) >= 11 is 0. The highest BCUT2D eigenvalue weighted by molar-refractivity contribution is 5.94. The highest BCUT2D eigenvalue weighted by Crippen LogP contribution is 2.17. The molecule has 0 saturated carbocycles. The summed E-state index contributed by atoms with van der Waals surface area (Å²) < 4.78 is 1.56. The van der Waals surface area contributed by atoms with Crippen LogP contribution in [0.1, 0.15) is 29.0 Å². The molecule has 1 N–H and O–H groups in total. The summed E-state index contributed by atoms with van der Waals surface area (Å²) in [6.07, 6.45) is 0.911. The van der Waals surface area contributed by atoms with E-state index in [4.69, 9.17) is 0 Å². The standard InChI is InChI=1S/C21H21N3O3/c1-14-22-19-5-3-2-4-18(19)21(27)24(14)16-8-6-15(7-9-16)20(26)23-12-10-17(25)11-13-23/h2-9,17,25H,10-13H2,1H3. The Morgan fingerprint density at radius 3 is 2.44 bits per heavy atom. The number of hydrogen-bond acceptors (Lipinski definition) is 4. The van der Waals surface area contributed by atoms with Gasteiger partial charge in [-0.2, -0.15) is 0 Å². The fourth-order valence-electron chi connectivity index (χ4n) is 3.55. The highest BCUT2D eigenvalue weighted by atomic mass is 16.3. The van der Waals surface area contributed by atoms with Gasteiger partial charge in [0.05, 0.1) is 22.7 Å². The molecule has 27 heavy (non-hydrogen) atoms. The summed E-state index contributed by atoms with van der Waals surface area (Å²) in [5, 5.41) is 10.2. The van der Waals surface area contributed by atoms with E-state index in [2.05, 4.69) is 4.98 Å². The number of likely N-dealkylation sites (tertiary alicyclic amines) is 1. The molecule has 0 atom stereocenters. The van der Waals surface area contributed by atoms with Crippen molar-refractivity contribution in [2.24, 2.45) is 0 Å². The van der Waals surface area contributed by atoms with Crippen molar-refractivity contribution in [3.63, 3.8) is 0 Å². The van der Waals surface area contributed by atoms with Crippen molar-refractivity contribution >= 4 is 16.8 Å². The number of carbonyl (C=O) groups is 1. The van der Waals surface area contributed by atoms with Crippen LogP contribution in [-0.4, -0.2) is 44.7 Å². The lowest BCUT2D eigenvalue weighted by atomic mass is 10.1. The minimum absolute atomic E-state index is 0.0471. The van der Waals surface area contributed by atoms with Gasteiger partial charge in [0.15, 0.2) is 0 Å². The maximum absolute atomic E-state index is 12.9. The third-order valence-corrected chi connectivity index (χ3v) is 5.07. The third-order valence-electron chi connectivity index (χ3n) is 5.07. The van der Waals surface area contributed by atoms with Gasteiger partial charge in [-0.15, -0.1) is 0 Å². The molecule has 1 fully saturated rings. The van der Waals surface area contributed by atoms with Crippen molar-refractivity contribution in [1.82, 2.24) is 14.5 Å². The Morgan fingerprint density at radius 1 is 1.07 bits per heavy atom. The molecule has 0 bridgehead atoms. The second kappa shape index (κ2) is 6.96. The van der Waals surface area contributed by atoms with E-state index in [9.17, 15) is 14.7 Å². The number of carbonyl (C=O) groups excluding carboxylic acids is 1. The SMILES string of the molecule is Cc1nc2ccccc2c(=O)n1-c1ccc(C(=O)N2CCC(O)CC2)cc1. The highest BCUT2D eigenvalue weighted by Gasteiger charge is 2.22. The summed E-state index contributed by atoms with van der Waals surface area (Å²) in [6.45, 7) is 2.93. The zero-order chi connectivity index (χ0) is 19.0. The largest absolute Gasteiger partial charge is 0.393 e. The molecule has 0 aliphatic carbocycles. The van der Waals surface area contributed by atoms with Gasteiger partial charge in [-0.3, -0.25) is 14.2 Å². The first-order valence-electron chi connectivity index (χ1n) is 9.11. The smallest absolute Gasteiger partial charge is 0.265 e. The van der Waals surface area contributed by atoms with E-state index in [1.54, 1.807) is 46.7 Å². The molecule has 0 spiro atoms. The first-order chi connectivity index (χ1) is 13.0. The molecule has 6 nitrogen and oxygen atoms in total. The number of benzene rings is 2. The van der Waals surface area contributed by atoms with Gasteiger partial charge in [-0.1, -0.05) is 12.1 Å². The Balaban J connectivity index is 1.66. The number of nitrogens with zero attached hydrogens (tertiary/aromatic N) is 3. The minimum Gasteiger partial charge on any atom is -0.393 e. The lowest BCUT2D eigenvalue weighted by Gasteiger charge is -2.29. The average molecular weight is 363 g/mol. The quantitative estimate of drug-likeness (QED) is 0.758. The Morgan fingerprint density at radius 2 is 1.74 bits per heavy atom. The van der Waals surface area contributed by atoms with Crippen molar-refractivity contribution in [1.29, 1.82) is 0 Å². The first-order valence-corrected chi connectivity index (χ1v) is 9.11. The fraction of sp³-hybridized carbons (Fsp3) is 0.286. The number of amides is 1. The molecule has 0 unspecified atom stereocenters. The fourth-order valence-corrected chi connectivity index (χ4v) is 3.55. The van der Waals surface area contributed by atoms with E-state index >= 15 is 0 Å². The van der Waals surface area contributed by atoms with E-state index in [0.717, 1.165) is 0 Å². The topological polar surface area (TPSA) is 75.4 Å². The zero-order valence-electron chi connectivity index (χ0n) is 15.1. The van der Waals surface area contributed by atoms with E-state index in [1.807, 2.05) is 18.2 Å². The van der Waals surface area contributed by atoms with E-state index in [0.29, 0.717) is 53.9 Å². The van der Waals surface area contributed by atoms with Gasteiger partial charge in [0.25, 0.3) is 11.5 Å². The number of aliphatic hydroxyl groups excluding tert-OH is 1. The number of rotatable bonds is 2. The molecule has 1 aliphatic rings. The summed E-state index contributed by atoms with van der Waals surface area (Å²) in [4.78, 5) is 31.8. The third kappa shape index (κ3) is 3.24. The molecule has 2 aromatic carbocycles. The van der Waals surface area contributed by atoms with E-state index in [-0.39, 0.29) is 17.6 Å². The van der Waals surface area contributed by atoms with Crippen molar-refractivity contribution in [3.8, 4) is 5.69 Å². The van der Waals surface area contributed by atoms with Crippen LogP contribution in [0.25, 0.3) is 16.6 Å². The van der Waals surface area contributed by atoms with Gasteiger partial charge in [-0.25, -0.2) is 4.98 Å². The average Bonchev–Trinajstić information content (AvgIpc) is 2.68. The summed E-state index contributed by atoms with van der Waals surface area (Å²) in [6, 6.07) is 14.3. The molecule has 4 rings (SSSR count). The van der Waals surface area contributed by atoms with Crippen LogP contribution in [0.2, 0.25) is 0 Å². The van der Waals surface area contributed by atoms with Crippen LogP contribution in [0.4, 0.5) is 0 Å². The number of hydrogen-bond donors (Lipinski definition) is 1. The molecule has 1 amide bonds. The molecular weight excluding hydrogens is 342 g/mol. The van der Waals surface area contributed by atoms with Crippen LogP contribution in [-0.2, 0) is 0 Å². The van der Waals surface area contributed by atoms with Crippen molar-refractivity contribution in [3.05, 3.63) is 70.3 Å².